The molecule has 0 bridgehead atoms. The molecule has 1 fully saturated rings. The van der Waals surface area contributed by atoms with Crippen molar-refractivity contribution in [3.63, 3.8) is 0 Å². The van der Waals surface area contributed by atoms with E-state index in [4.69, 9.17) is 0 Å². The fourth-order valence-electron chi connectivity index (χ4n) is 3.89. The van der Waals surface area contributed by atoms with Gasteiger partial charge in [-0.25, -0.2) is 4.98 Å². The predicted molar refractivity (Wildman–Crippen MR) is 106 cm³/mol. The molecule has 0 saturated carbocycles. The highest BCUT2D eigenvalue weighted by Crippen LogP contribution is 2.28. The van der Waals surface area contributed by atoms with Crippen LogP contribution in [0.4, 0.5) is 0 Å². The molecule has 0 radical (unpaired) electrons. The average molecular weight is 363 g/mol. The highest BCUT2D eigenvalue weighted by molar-refractivity contribution is 5.94. The SMILES string of the molecule is CCC1(O)CCN(C(=O)c2ccc3nc(C)c(-c4ccccc4)n3c2)CC1. The molecule has 1 aliphatic heterocycles. The summed E-state index contributed by atoms with van der Waals surface area (Å²) in [6.45, 7) is 5.18. The Morgan fingerprint density at radius 3 is 2.52 bits per heavy atom. The minimum Gasteiger partial charge on any atom is -0.390 e. The van der Waals surface area contributed by atoms with Crippen LogP contribution in [0.5, 0.6) is 0 Å². The number of hydrogen-bond acceptors (Lipinski definition) is 3. The van der Waals surface area contributed by atoms with Crippen LogP contribution in [0.3, 0.4) is 0 Å². The zero-order valence-corrected chi connectivity index (χ0v) is 15.9. The van der Waals surface area contributed by atoms with E-state index in [1.165, 1.54) is 0 Å². The van der Waals surface area contributed by atoms with Crippen molar-refractivity contribution < 1.29 is 9.90 Å². The number of carbonyl (C=O) groups excluding carboxylic acids is 1. The maximum atomic E-state index is 13.0. The molecule has 140 valence electrons. The first-order valence-electron chi connectivity index (χ1n) is 9.56. The van der Waals surface area contributed by atoms with Crippen LogP contribution < -0.4 is 0 Å². The molecule has 0 unspecified atom stereocenters. The van der Waals surface area contributed by atoms with Crippen molar-refractivity contribution in [1.82, 2.24) is 14.3 Å². The molecule has 2 aromatic heterocycles. The lowest BCUT2D eigenvalue weighted by molar-refractivity contribution is -0.0193. The van der Waals surface area contributed by atoms with Gasteiger partial charge in [-0.3, -0.25) is 9.20 Å². The number of benzene rings is 1. The Labute approximate surface area is 159 Å². The van der Waals surface area contributed by atoms with Gasteiger partial charge in [-0.1, -0.05) is 37.3 Å². The van der Waals surface area contributed by atoms with Crippen LogP contribution in [0.25, 0.3) is 16.9 Å². The second kappa shape index (κ2) is 6.82. The van der Waals surface area contributed by atoms with Crippen molar-refractivity contribution in [3.8, 4) is 11.3 Å². The largest absolute Gasteiger partial charge is 0.390 e. The minimum atomic E-state index is -0.622. The van der Waals surface area contributed by atoms with Gasteiger partial charge in [0.2, 0.25) is 0 Å². The summed E-state index contributed by atoms with van der Waals surface area (Å²) in [4.78, 5) is 19.5. The van der Waals surface area contributed by atoms with E-state index in [-0.39, 0.29) is 5.91 Å². The lowest BCUT2D eigenvalue weighted by Crippen LogP contribution is -2.46. The number of fused-ring (bicyclic) bond motifs is 1. The van der Waals surface area contributed by atoms with Gasteiger partial charge >= 0.3 is 0 Å². The molecule has 1 N–H and O–H groups in total. The molecule has 1 aromatic carbocycles. The number of aryl methyl sites for hydroxylation is 1. The maximum absolute atomic E-state index is 13.0. The zero-order chi connectivity index (χ0) is 19.0. The minimum absolute atomic E-state index is 0.0143. The molecular formula is C22H25N3O2. The number of pyridine rings is 1. The summed E-state index contributed by atoms with van der Waals surface area (Å²) in [7, 11) is 0. The topological polar surface area (TPSA) is 57.8 Å². The smallest absolute Gasteiger partial charge is 0.255 e. The van der Waals surface area contributed by atoms with Gasteiger partial charge in [0.1, 0.15) is 5.65 Å². The van der Waals surface area contributed by atoms with Crippen LogP contribution >= 0.6 is 0 Å². The van der Waals surface area contributed by atoms with Gasteiger partial charge in [0, 0.05) is 24.8 Å². The molecule has 0 spiro atoms. The molecule has 27 heavy (non-hydrogen) atoms. The Bertz CT molecular complexity index is 970. The number of likely N-dealkylation sites (tertiary alicyclic amines) is 1. The van der Waals surface area contributed by atoms with Crippen molar-refractivity contribution >= 4 is 11.6 Å². The quantitative estimate of drug-likeness (QED) is 0.772. The van der Waals surface area contributed by atoms with Crippen LogP contribution in [0, 0.1) is 6.92 Å². The van der Waals surface area contributed by atoms with Gasteiger partial charge < -0.3 is 10.0 Å². The van der Waals surface area contributed by atoms with E-state index in [1.807, 2.05) is 59.7 Å². The molecule has 3 heterocycles. The summed E-state index contributed by atoms with van der Waals surface area (Å²) < 4.78 is 2.00. The molecule has 3 aromatic rings. The fraction of sp³-hybridized carbons (Fsp3) is 0.364. The maximum Gasteiger partial charge on any atom is 0.255 e. The molecule has 0 aliphatic carbocycles. The molecule has 1 amide bonds. The molecule has 4 rings (SSSR count). The number of rotatable bonds is 3. The molecule has 0 atom stereocenters. The third-order valence-electron chi connectivity index (χ3n) is 5.73. The summed E-state index contributed by atoms with van der Waals surface area (Å²) in [5.41, 5.74) is 3.90. The number of piperidine rings is 1. The van der Waals surface area contributed by atoms with Crippen molar-refractivity contribution in [1.29, 1.82) is 0 Å². The molecular weight excluding hydrogens is 338 g/mol. The third-order valence-corrected chi connectivity index (χ3v) is 5.73. The number of amides is 1. The number of nitrogens with zero attached hydrogens (tertiary/aromatic N) is 3. The summed E-state index contributed by atoms with van der Waals surface area (Å²) >= 11 is 0. The lowest BCUT2D eigenvalue weighted by Gasteiger charge is -2.37. The Balaban J connectivity index is 1.67. The first kappa shape index (κ1) is 17.7. The highest BCUT2D eigenvalue weighted by atomic mass is 16.3. The van der Waals surface area contributed by atoms with Crippen LogP contribution in [0.15, 0.2) is 48.7 Å². The van der Waals surface area contributed by atoms with Crippen LogP contribution in [0.2, 0.25) is 0 Å². The van der Waals surface area contributed by atoms with E-state index in [0.717, 1.165) is 29.0 Å². The van der Waals surface area contributed by atoms with Crippen LogP contribution in [0.1, 0.15) is 42.2 Å². The Hall–Kier alpha value is -2.66. The van der Waals surface area contributed by atoms with E-state index < -0.39 is 5.60 Å². The first-order chi connectivity index (χ1) is 13.0. The monoisotopic (exact) mass is 363 g/mol. The van der Waals surface area contributed by atoms with E-state index in [1.54, 1.807) is 0 Å². The standard InChI is InChI=1S/C22H25N3O2/c1-3-22(27)11-13-24(14-12-22)21(26)18-9-10-19-23-16(2)20(25(19)15-18)17-7-5-4-6-8-17/h4-10,15,27H,3,11-14H2,1-2H3. The van der Waals surface area contributed by atoms with Gasteiger partial charge in [-0.15, -0.1) is 0 Å². The van der Waals surface area contributed by atoms with E-state index in [2.05, 4.69) is 17.1 Å². The van der Waals surface area contributed by atoms with Crippen molar-refractivity contribution in [3.05, 3.63) is 59.9 Å². The fourth-order valence-corrected chi connectivity index (χ4v) is 3.89. The second-order valence-corrected chi connectivity index (χ2v) is 7.43. The summed E-state index contributed by atoms with van der Waals surface area (Å²) in [6, 6.07) is 13.9. The number of aromatic nitrogens is 2. The normalized spacial score (nSPS) is 16.6. The Morgan fingerprint density at radius 2 is 1.85 bits per heavy atom. The number of imidazole rings is 1. The summed E-state index contributed by atoms with van der Waals surface area (Å²) in [5, 5.41) is 10.4. The summed E-state index contributed by atoms with van der Waals surface area (Å²) in [5.74, 6) is 0.0143. The zero-order valence-electron chi connectivity index (χ0n) is 15.9. The number of hydrogen-bond donors (Lipinski definition) is 1. The summed E-state index contributed by atoms with van der Waals surface area (Å²) in [6.07, 6.45) is 3.89. The molecule has 5 heteroatoms. The van der Waals surface area contributed by atoms with E-state index in [0.29, 0.717) is 31.5 Å². The van der Waals surface area contributed by atoms with E-state index in [9.17, 15) is 9.90 Å². The first-order valence-corrected chi connectivity index (χ1v) is 9.56. The average Bonchev–Trinajstić information content (AvgIpc) is 3.03. The highest BCUT2D eigenvalue weighted by Gasteiger charge is 2.32. The number of aliphatic hydroxyl groups is 1. The Kier molecular flexibility index (Phi) is 4.48. The third kappa shape index (κ3) is 3.23. The molecule has 1 aliphatic rings. The van der Waals surface area contributed by atoms with Crippen molar-refractivity contribution in [2.24, 2.45) is 0 Å². The van der Waals surface area contributed by atoms with Crippen LogP contribution in [-0.2, 0) is 0 Å². The van der Waals surface area contributed by atoms with Crippen molar-refractivity contribution in [2.75, 3.05) is 13.1 Å². The second-order valence-electron chi connectivity index (χ2n) is 7.43. The van der Waals surface area contributed by atoms with Gasteiger partial charge in [0.15, 0.2) is 0 Å². The van der Waals surface area contributed by atoms with Gasteiger partial charge in [0.05, 0.1) is 22.6 Å². The number of carbonyl (C=O) groups is 1. The molecule has 1 saturated heterocycles. The predicted octanol–water partition coefficient (Wildman–Crippen LogP) is 3.69. The van der Waals surface area contributed by atoms with E-state index >= 15 is 0 Å². The van der Waals surface area contributed by atoms with Crippen molar-refractivity contribution in [2.45, 2.75) is 38.7 Å². The lowest BCUT2D eigenvalue weighted by atomic mass is 9.89. The Morgan fingerprint density at radius 1 is 1.15 bits per heavy atom. The van der Waals surface area contributed by atoms with Crippen LogP contribution in [-0.4, -0.2) is 44.0 Å². The molecule has 5 nitrogen and oxygen atoms in total. The van der Waals surface area contributed by atoms with Gasteiger partial charge in [-0.05, 0) is 38.3 Å². The van der Waals surface area contributed by atoms with Gasteiger partial charge in [0.25, 0.3) is 5.91 Å². The van der Waals surface area contributed by atoms with Gasteiger partial charge in [-0.2, -0.15) is 0 Å².